The highest BCUT2D eigenvalue weighted by atomic mass is 35.5. The number of hydrogen-bond donors (Lipinski definition) is 6. The summed E-state index contributed by atoms with van der Waals surface area (Å²) in [5.74, 6) is -2.16. The van der Waals surface area contributed by atoms with Crippen LogP contribution in [0, 0.1) is 25.5 Å². The minimum Gasteiger partial charge on any atom is -0.364 e. The lowest BCUT2D eigenvalue weighted by Gasteiger charge is -2.05. The number of halogens is 6. The van der Waals surface area contributed by atoms with Gasteiger partial charge in [0, 0.05) is 52.9 Å². The van der Waals surface area contributed by atoms with Crippen molar-refractivity contribution in [1.29, 1.82) is 0 Å². The average Bonchev–Trinajstić information content (AvgIpc) is 3.92. The number of aryl methyl sites for hydroxylation is 2. The van der Waals surface area contributed by atoms with Gasteiger partial charge in [0.05, 0.1) is 16.6 Å². The van der Waals surface area contributed by atoms with E-state index in [2.05, 4.69) is 15.0 Å². The number of amides is 3. The number of rotatable bonds is 6. The largest absolute Gasteiger partial charge is 0.364 e. The average molecular weight is 911 g/mol. The van der Waals surface area contributed by atoms with E-state index in [1.807, 2.05) is 50.2 Å². The van der Waals surface area contributed by atoms with E-state index < -0.39 is 17.7 Å². The summed E-state index contributed by atoms with van der Waals surface area (Å²) in [4.78, 5) is 43.4. The zero-order valence-electron chi connectivity index (χ0n) is 32.7. The van der Waals surface area contributed by atoms with Crippen LogP contribution in [-0.4, -0.2) is 32.7 Å². The van der Waals surface area contributed by atoms with Gasteiger partial charge in [-0.3, -0.25) is 14.4 Å². The molecule has 312 valence electrons. The van der Waals surface area contributed by atoms with Crippen molar-refractivity contribution in [2.24, 2.45) is 17.2 Å². The standard InChI is InChI=1S/C16H12Cl2N2O.C16H12ClFN2O.C15H10ClFN2O/c1-8-12-6-11(18)7-13(9-2-4-10(17)5-3-9)15(12)20-14(8)16(19)21;1-8-12-6-10(17)7-13(9-2-4-11(18)5-3-9)15(12)20-14(8)16(19)21;16-10-5-9-6-13(15(18)20)19-14(9)12(7-10)8-1-3-11(17)4-2-8/h2*2-7,20H,1H3,(H2,19,21);1-7,19H,(H2,18,20). The maximum Gasteiger partial charge on any atom is 0.265 e. The van der Waals surface area contributed by atoms with Gasteiger partial charge in [0.25, 0.3) is 17.7 Å². The summed E-state index contributed by atoms with van der Waals surface area (Å²) in [5.41, 5.74) is 26.1. The molecule has 0 radical (unpaired) electrons. The maximum absolute atomic E-state index is 13.1. The highest BCUT2D eigenvalue weighted by Gasteiger charge is 2.18. The Morgan fingerprint density at radius 3 is 1.21 bits per heavy atom. The van der Waals surface area contributed by atoms with Gasteiger partial charge in [0.2, 0.25) is 0 Å². The Morgan fingerprint density at radius 2 is 0.823 bits per heavy atom. The number of benzene rings is 6. The van der Waals surface area contributed by atoms with Crippen LogP contribution >= 0.6 is 46.4 Å². The lowest BCUT2D eigenvalue weighted by molar-refractivity contribution is 0.0987. The summed E-state index contributed by atoms with van der Waals surface area (Å²) in [5, 5.41) is 4.84. The van der Waals surface area contributed by atoms with Gasteiger partial charge < -0.3 is 32.2 Å². The van der Waals surface area contributed by atoms with Crippen molar-refractivity contribution in [1.82, 2.24) is 15.0 Å². The first-order valence-corrected chi connectivity index (χ1v) is 20.1. The molecule has 0 bridgehead atoms. The molecule has 62 heavy (non-hydrogen) atoms. The molecule has 0 saturated carbocycles. The zero-order chi connectivity index (χ0) is 44.6. The van der Waals surface area contributed by atoms with Crippen molar-refractivity contribution in [2.75, 3.05) is 0 Å². The maximum atomic E-state index is 13.1. The third kappa shape index (κ3) is 9.02. The second-order valence-corrected chi connectivity index (χ2v) is 16.0. The summed E-state index contributed by atoms with van der Waals surface area (Å²) in [6.45, 7) is 3.66. The number of carbonyl (C=O) groups is 3. The number of nitrogens with one attached hydrogen (secondary N) is 3. The first-order chi connectivity index (χ1) is 29.5. The Balaban J connectivity index is 0.000000140. The van der Waals surface area contributed by atoms with Crippen LogP contribution < -0.4 is 17.2 Å². The number of fused-ring (bicyclic) bond motifs is 3. The van der Waals surface area contributed by atoms with Gasteiger partial charge in [-0.2, -0.15) is 0 Å². The molecule has 6 aromatic carbocycles. The molecule has 0 aliphatic heterocycles. The smallest absolute Gasteiger partial charge is 0.265 e. The zero-order valence-corrected chi connectivity index (χ0v) is 35.7. The monoisotopic (exact) mass is 908 g/mol. The van der Waals surface area contributed by atoms with E-state index in [-0.39, 0.29) is 11.6 Å². The third-order valence-electron chi connectivity index (χ3n) is 10.2. The summed E-state index contributed by atoms with van der Waals surface area (Å²) in [6, 6.07) is 32.0. The normalized spacial score (nSPS) is 11.0. The highest BCUT2D eigenvalue weighted by Crippen LogP contribution is 2.37. The fourth-order valence-corrected chi connectivity index (χ4v) is 7.97. The Hall–Kier alpha value is -6.63. The molecule has 9 nitrogen and oxygen atoms in total. The van der Waals surface area contributed by atoms with Gasteiger partial charge in [-0.05, 0) is 121 Å². The van der Waals surface area contributed by atoms with Crippen LogP contribution in [0.3, 0.4) is 0 Å². The molecular formula is C47H34Cl4F2N6O3. The molecule has 0 aliphatic carbocycles. The fourth-order valence-electron chi connectivity index (χ4n) is 7.19. The number of primary amides is 3. The molecule has 3 aromatic heterocycles. The second kappa shape index (κ2) is 17.8. The molecule has 0 aliphatic rings. The van der Waals surface area contributed by atoms with Crippen molar-refractivity contribution in [3.8, 4) is 33.4 Å². The predicted molar refractivity (Wildman–Crippen MR) is 246 cm³/mol. The predicted octanol–water partition coefficient (Wildman–Crippen LogP) is 12.3. The number of nitrogens with two attached hydrogens (primary N) is 3. The molecule has 15 heteroatoms. The summed E-state index contributed by atoms with van der Waals surface area (Å²) in [7, 11) is 0. The number of aromatic amines is 3. The topological polar surface area (TPSA) is 177 Å². The summed E-state index contributed by atoms with van der Waals surface area (Å²) >= 11 is 24.4. The van der Waals surface area contributed by atoms with Crippen molar-refractivity contribution in [3.05, 3.63) is 175 Å². The molecule has 9 N–H and O–H groups in total. The molecule has 0 atom stereocenters. The van der Waals surface area contributed by atoms with Crippen LogP contribution in [0.25, 0.3) is 66.1 Å². The van der Waals surface area contributed by atoms with E-state index in [1.54, 1.807) is 54.6 Å². The summed E-state index contributed by atoms with van der Waals surface area (Å²) < 4.78 is 26.1. The van der Waals surface area contributed by atoms with Gasteiger partial charge in [-0.25, -0.2) is 8.78 Å². The minimum atomic E-state index is -0.539. The van der Waals surface area contributed by atoms with E-state index in [1.165, 1.54) is 24.3 Å². The molecule has 0 saturated heterocycles. The van der Waals surface area contributed by atoms with Gasteiger partial charge in [-0.15, -0.1) is 0 Å². The number of carbonyl (C=O) groups excluding carboxylic acids is 3. The lowest BCUT2D eigenvalue weighted by atomic mass is 10.0. The third-order valence-corrected chi connectivity index (χ3v) is 11.1. The Labute approximate surface area is 372 Å². The van der Waals surface area contributed by atoms with E-state index in [0.717, 1.165) is 77.2 Å². The van der Waals surface area contributed by atoms with Gasteiger partial charge in [0.15, 0.2) is 0 Å². The summed E-state index contributed by atoms with van der Waals surface area (Å²) in [6.07, 6.45) is 0. The number of aromatic nitrogens is 3. The van der Waals surface area contributed by atoms with Crippen LogP contribution in [-0.2, 0) is 0 Å². The van der Waals surface area contributed by atoms with Crippen LogP contribution in [0.15, 0.2) is 115 Å². The van der Waals surface area contributed by atoms with E-state index >= 15 is 0 Å². The van der Waals surface area contributed by atoms with Crippen molar-refractivity contribution in [3.63, 3.8) is 0 Å². The Kier molecular flexibility index (Phi) is 12.5. The van der Waals surface area contributed by atoms with Gasteiger partial charge in [0.1, 0.15) is 28.7 Å². The number of H-pyrrole nitrogens is 3. The molecule has 3 heterocycles. The van der Waals surface area contributed by atoms with Crippen LogP contribution in [0.2, 0.25) is 20.1 Å². The van der Waals surface area contributed by atoms with Crippen molar-refractivity contribution < 1.29 is 23.2 Å². The molecular weight excluding hydrogens is 876 g/mol. The van der Waals surface area contributed by atoms with E-state index in [4.69, 9.17) is 63.6 Å². The Morgan fingerprint density at radius 1 is 0.452 bits per heavy atom. The lowest BCUT2D eigenvalue weighted by Crippen LogP contribution is -2.12. The molecule has 0 fully saturated rings. The number of hydrogen-bond acceptors (Lipinski definition) is 3. The molecule has 9 aromatic rings. The van der Waals surface area contributed by atoms with E-state index in [9.17, 15) is 23.2 Å². The fraction of sp³-hybridized carbons (Fsp3) is 0.0426. The molecule has 9 rings (SSSR count). The van der Waals surface area contributed by atoms with Crippen LogP contribution in [0.1, 0.15) is 42.6 Å². The quantitative estimate of drug-likeness (QED) is 0.0975. The second-order valence-electron chi connectivity index (χ2n) is 14.2. The van der Waals surface area contributed by atoms with E-state index in [0.29, 0.717) is 37.2 Å². The minimum absolute atomic E-state index is 0.308. The highest BCUT2D eigenvalue weighted by molar-refractivity contribution is 6.33. The SMILES string of the molecule is Cc1c(C(N)=O)[nH]c2c(-c3ccc(Cl)cc3)cc(Cl)cc12.Cc1c(C(N)=O)[nH]c2c(-c3ccc(F)cc3)cc(Cl)cc12.NC(=O)c1cc2cc(Cl)cc(-c3ccc(F)cc3)c2[nH]1. The Bertz CT molecular complexity index is 3050. The van der Waals surface area contributed by atoms with Crippen LogP contribution in [0.4, 0.5) is 8.78 Å². The first kappa shape index (κ1) is 43.5. The van der Waals surface area contributed by atoms with Crippen molar-refractivity contribution >= 4 is 96.8 Å². The molecule has 0 spiro atoms. The first-order valence-electron chi connectivity index (χ1n) is 18.6. The van der Waals surface area contributed by atoms with Crippen LogP contribution in [0.5, 0.6) is 0 Å². The molecule has 3 amide bonds. The van der Waals surface area contributed by atoms with Gasteiger partial charge >= 0.3 is 0 Å². The molecule has 0 unspecified atom stereocenters. The van der Waals surface area contributed by atoms with Gasteiger partial charge in [-0.1, -0.05) is 82.8 Å². The van der Waals surface area contributed by atoms with Crippen molar-refractivity contribution in [2.45, 2.75) is 13.8 Å².